The summed E-state index contributed by atoms with van der Waals surface area (Å²) in [7, 11) is 0. The molecule has 0 amide bonds. The molecule has 3 nitrogen and oxygen atoms in total. The molecule has 0 saturated carbocycles. The van der Waals surface area contributed by atoms with E-state index in [0.717, 1.165) is 32.5 Å². The van der Waals surface area contributed by atoms with Gasteiger partial charge in [-0.3, -0.25) is 0 Å². The predicted octanol–water partition coefficient (Wildman–Crippen LogP) is 4.51. The second kappa shape index (κ2) is 3.96. The van der Waals surface area contributed by atoms with Crippen LogP contribution in [0.2, 0.25) is 0 Å². The number of halogens is 1. The third-order valence-corrected chi connectivity index (χ3v) is 3.73. The Labute approximate surface area is 117 Å². The van der Waals surface area contributed by atoms with Gasteiger partial charge in [0.25, 0.3) is 0 Å². The van der Waals surface area contributed by atoms with Crippen LogP contribution in [0.25, 0.3) is 28.1 Å². The Balaban J connectivity index is 1.96. The number of imidazole rings is 1. The summed E-state index contributed by atoms with van der Waals surface area (Å²) in [5.74, 6) is 0.789. The highest BCUT2D eigenvalue weighted by Gasteiger charge is 2.11. The van der Waals surface area contributed by atoms with Gasteiger partial charge in [0.2, 0.25) is 0 Å². The van der Waals surface area contributed by atoms with Gasteiger partial charge >= 0.3 is 0 Å². The second-order valence-electron chi connectivity index (χ2n) is 4.36. The van der Waals surface area contributed by atoms with Crippen LogP contribution in [0.15, 0.2) is 63.7 Å². The molecule has 0 aliphatic carbocycles. The van der Waals surface area contributed by atoms with Crippen LogP contribution in [0.1, 0.15) is 0 Å². The van der Waals surface area contributed by atoms with Crippen molar-refractivity contribution in [1.82, 2.24) is 9.38 Å². The minimum Gasteiger partial charge on any atom is -0.454 e. The fraction of sp³-hybridized carbons (Fsp3) is 0. The molecular formula is C15H9BrN2O. The maximum Gasteiger partial charge on any atom is 0.155 e. The summed E-state index contributed by atoms with van der Waals surface area (Å²) < 4.78 is 8.78. The molecule has 0 N–H and O–H groups in total. The highest BCUT2D eigenvalue weighted by Crippen LogP contribution is 2.28. The van der Waals surface area contributed by atoms with Crippen LogP contribution in [0.3, 0.4) is 0 Å². The second-order valence-corrected chi connectivity index (χ2v) is 5.22. The first-order valence-corrected chi connectivity index (χ1v) is 6.73. The number of aromatic nitrogens is 2. The van der Waals surface area contributed by atoms with Gasteiger partial charge in [0.05, 0.1) is 4.47 Å². The molecule has 0 atom stereocenters. The van der Waals surface area contributed by atoms with Crippen molar-refractivity contribution in [2.24, 2.45) is 0 Å². The number of benzene rings is 1. The van der Waals surface area contributed by atoms with Gasteiger partial charge in [0.15, 0.2) is 11.4 Å². The van der Waals surface area contributed by atoms with Crippen LogP contribution in [0.5, 0.6) is 0 Å². The Bertz CT molecular complexity index is 858. The van der Waals surface area contributed by atoms with Crippen LogP contribution >= 0.6 is 15.9 Å². The zero-order valence-corrected chi connectivity index (χ0v) is 11.5. The molecule has 4 heteroatoms. The molecule has 0 aliphatic rings. The average molecular weight is 313 g/mol. The fourth-order valence-electron chi connectivity index (χ4n) is 2.21. The number of para-hydroxylation sites is 1. The molecule has 4 aromatic rings. The zero-order valence-electron chi connectivity index (χ0n) is 9.88. The number of hydrogen-bond acceptors (Lipinski definition) is 2. The number of rotatable bonds is 1. The molecule has 0 aliphatic heterocycles. The third kappa shape index (κ3) is 1.68. The number of pyridine rings is 1. The van der Waals surface area contributed by atoms with Crippen molar-refractivity contribution in [3.05, 3.63) is 59.3 Å². The van der Waals surface area contributed by atoms with E-state index in [-0.39, 0.29) is 0 Å². The van der Waals surface area contributed by atoms with E-state index < -0.39 is 0 Å². The minimum atomic E-state index is 0.789. The number of furan rings is 1. The van der Waals surface area contributed by atoms with Gasteiger partial charge in [-0.15, -0.1) is 0 Å². The van der Waals surface area contributed by atoms with Gasteiger partial charge in [0.1, 0.15) is 11.3 Å². The van der Waals surface area contributed by atoms with Gasteiger partial charge in [-0.1, -0.05) is 18.2 Å². The van der Waals surface area contributed by atoms with Crippen LogP contribution in [-0.4, -0.2) is 9.38 Å². The smallest absolute Gasteiger partial charge is 0.155 e. The van der Waals surface area contributed by atoms with Gasteiger partial charge in [-0.25, -0.2) is 4.98 Å². The number of fused-ring (bicyclic) bond motifs is 2. The van der Waals surface area contributed by atoms with E-state index in [1.807, 2.05) is 59.3 Å². The van der Waals surface area contributed by atoms with Crippen LogP contribution in [0, 0.1) is 0 Å². The SMILES string of the molecule is Brc1cccn2cc(-c3cc4ccccc4o3)nc12. The summed E-state index contributed by atoms with van der Waals surface area (Å²) in [6, 6.07) is 13.9. The highest BCUT2D eigenvalue weighted by molar-refractivity contribution is 9.10. The first kappa shape index (κ1) is 10.8. The topological polar surface area (TPSA) is 30.4 Å². The lowest BCUT2D eigenvalue weighted by Crippen LogP contribution is -1.80. The lowest BCUT2D eigenvalue weighted by molar-refractivity contribution is 0.629. The highest BCUT2D eigenvalue weighted by atomic mass is 79.9. The Hall–Kier alpha value is -2.07. The van der Waals surface area contributed by atoms with Crippen LogP contribution in [-0.2, 0) is 0 Å². The van der Waals surface area contributed by atoms with Crippen molar-refractivity contribution in [1.29, 1.82) is 0 Å². The molecule has 0 spiro atoms. The molecule has 4 rings (SSSR count). The third-order valence-electron chi connectivity index (χ3n) is 3.11. The Morgan fingerprint density at radius 2 is 2.00 bits per heavy atom. The quantitative estimate of drug-likeness (QED) is 0.517. The molecule has 0 bridgehead atoms. The molecular weight excluding hydrogens is 304 g/mol. The van der Waals surface area contributed by atoms with E-state index in [9.17, 15) is 0 Å². The molecule has 0 fully saturated rings. The Morgan fingerprint density at radius 3 is 2.84 bits per heavy atom. The largest absolute Gasteiger partial charge is 0.454 e. The molecule has 1 aromatic carbocycles. The predicted molar refractivity (Wildman–Crippen MR) is 78.1 cm³/mol. The lowest BCUT2D eigenvalue weighted by Gasteiger charge is -1.92. The van der Waals surface area contributed by atoms with Crippen LogP contribution < -0.4 is 0 Å². The van der Waals surface area contributed by atoms with Crippen molar-refractivity contribution in [2.45, 2.75) is 0 Å². The van der Waals surface area contributed by atoms with Crippen molar-refractivity contribution in [3.63, 3.8) is 0 Å². The van der Waals surface area contributed by atoms with E-state index in [2.05, 4.69) is 20.9 Å². The standard InChI is InChI=1S/C15H9BrN2O/c16-11-5-3-7-18-9-12(17-15(11)18)14-8-10-4-1-2-6-13(10)19-14/h1-9H. The van der Waals surface area contributed by atoms with E-state index in [1.54, 1.807) is 0 Å². The number of hydrogen-bond donors (Lipinski definition) is 0. The van der Waals surface area contributed by atoms with Crippen LogP contribution in [0.4, 0.5) is 0 Å². The fourth-order valence-corrected chi connectivity index (χ4v) is 2.65. The Kier molecular flexibility index (Phi) is 2.26. The normalized spacial score (nSPS) is 11.4. The van der Waals surface area contributed by atoms with E-state index in [4.69, 9.17) is 4.42 Å². The molecule has 3 heterocycles. The molecule has 0 saturated heterocycles. The monoisotopic (exact) mass is 312 g/mol. The maximum atomic E-state index is 5.83. The first-order chi connectivity index (χ1) is 9.31. The molecule has 19 heavy (non-hydrogen) atoms. The van der Waals surface area contributed by atoms with Crippen molar-refractivity contribution in [2.75, 3.05) is 0 Å². The summed E-state index contributed by atoms with van der Waals surface area (Å²) in [6.07, 6.45) is 3.94. The molecule has 3 aromatic heterocycles. The summed E-state index contributed by atoms with van der Waals surface area (Å²) in [4.78, 5) is 4.60. The zero-order chi connectivity index (χ0) is 12.8. The van der Waals surface area contributed by atoms with Crippen molar-refractivity contribution in [3.8, 4) is 11.5 Å². The van der Waals surface area contributed by atoms with Gasteiger partial charge in [-0.2, -0.15) is 0 Å². The average Bonchev–Trinajstić information content (AvgIpc) is 3.02. The van der Waals surface area contributed by atoms with E-state index in [0.29, 0.717) is 0 Å². The molecule has 0 radical (unpaired) electrons. The summed E-state index contributed by atoms with van der Waals surface area (Å²) in [6.45, 7) is 0. The summed E-state index contributed by atoms with van der Waals surface area (Å²) in [5, 5.41) is 1.09. The molecule has 92 valence electrons. The minimum absolute atomic E-state index is 0.789. The van der Waals surface area contributed by atoms with Gasteiger partial charge in [0, 0.05) is 17.8 Å². The van der Waals surface area contributed by atoms with Crippen molar-refractivity contribution < 1.29 is 4.42 Å². The molecule has 0 unspecified atom stereocenters. The maximum absolute atomic E-state index is 5.83. The van der Waals surface area contributed by atoms with Gasteiger partial charge in [-0.05, 0) is 40.2 Å². The first-order valence-electron chi connectivity index (χ1n) is 5.93. The number of nitrogens with zero attached hydrogens (tertiary/aromatic N) is 2. The summed E-state index contributed by atoms with van der Waals surface area (Å²) in [5.41, 5.74) is 2.61. The van der Waals surface area contributed by atoms with Gasteiger partial charge < -0.3 is 8.82 Å². The van der Waals surface area contributed by atoms with E-state index in [1.165, 1.54) is 0 Å². The Morgan fingerprint density at radius 1 is 1.11 bits per heavy atom. The lowest BCUT2D eigenvalue weighted by atomic mass is 10.2. The van der Waals surface area contributed by atoms with E-state index >= 15 is 0 Å². The summed E-state index contributed by atoms with van der Waals surface area (Å²) >= 11 is 3.50. The van der Waals surface area contributed by atoms with Crippen molar-refractivity contribution >= 4 is 32.5 Å².